The molecule has 0 aliphatic rings. The van der Waals surface area contributed by atoms with Crippen LogP contribution in [-0.2, 0) is 0 Å². The van der Waals surface area contributed by atoms with E-state index in [0.29, 0.717) is 0 Å². The van der Waals surface area contributed by atoms with Crippen molar-refractivity contribution < 1.29 is 0 Å². The van der Waals surface area contributed by atoms with Gasteiger partial charge in [-0.1, -0.05) is 0 Å². The molecule has 4 aromatic rings. The van der Waals surface area contributed by atoms with Gasteiger partial charge in [0.1, 0.15) is 11.3 Å². The Morgan fingerprint density at radius 1 is 0.900 bits per heavy atom. The molecular weight excluding hydrogens is 248 g/mol. The predicted octanol–water partition coefficient (Wildman–Crippen LogP) is 3.74. The highest BCUT2D eigenvalue weighted by molar-refractivity contribution is 5.78. The second-order valence-electron chi connectivity index (χ2n) is 4.80. The van der Waals surface area contributed by atoms with Gasteiger partial charge in [-0.2, -0.15) is 0 Å². The maximum atomic E-state index is 4.19. The smallest absolute Gasteiger partial charge is 0.137 e. The summed E-state index contributed by atoms with van der Waals surface area (Å²) in [6, 6.07) is 8.18. The van der Waals surface area contributed by atoms with E-state index in [1.54, 1.807) is 0 Å². The Morgan fingerprint density at radius 2 is 1.70 bits per heavy atom. The van der Waals surface area contributed by atoms with Crippen LogP contribution in [0.4, 0.5) is 0 Å². The molecule has 0 atom stereocenters. The van der Waals surface area contributed by atoms with Crippen LogP contribution >= 0.6 is 0 Å². The van der Waals surface area contributed by atoms with Crippen LogP contribution in [0.25, 0.3) is 22.1 Å². The Morgan fingerprint density at radius 3 is 2.55 bits per heavy atom. The third-order valence-corrected chi connectivity index (χ3v) is 3.22. The second kappa shape index (κ2) is 5.17. The van der Waals surface area contributed by atoms with E-state index in [1.807, 2.05) is 49.9 Å². The summed E-state index contributed by atoms with van der Waals surface area (Å²) in [4.78, 5) is 14.4. The van der Waals surface area contributed by atoms with Crippen molar-refractivity contribution in [2.24, 2.45) is 0 Å². The van der Waals surface area contributed by atoms with E-state index in [9.17, 15) is 0 Å². The van der Waals surface area contributed by atoms with Gasteiger partial charge in [-0.25, -0.2) is 9.97 Å². The van der Waals surface area contributed by atoms with Gasteiger partial charge in [0.2, 0.25) is 0 Å². The molecule has 0 radical (unpaired) electrons. The molecule has 4 rings (SSSR count). The highest BCUT2D eigenvalue weighted by Gasteiger charge is 1.95. The van der Waals surface area contributed by atoms with E-state index in [1.165, 1.54) is 21.9 Å². The molecule has 0 fully saturated rings. The zero-order valence-electron chi connectivity index (χ0n) is 11.5. The van der Waals surface area contributed by atoms with Gasteiger partial charge in [-0.3, -0.25) is 0 Å². The maximum Gasteiger partial charge on any atom is 0.137 e. The highest BCUT2D eigenvalue weighted by Crippen LogP contribution is 2.12. The lowest BCUT2D eigenvalue weighted by atomic mass is 10.2. The number of pyridine rings is 2. The highest BCUT2D eigenvalue weighted by atomic mass is 14.8. The fourth-order valence-electron chi connectivity index (χ4n) is 2.15. The van der Waals surface area contributed by atoms with Gasteiger partial charge in [-0.15, -0.1) is 0 Å². The quantitative estimate of drug-likeness (QED) is 0.508. The van der Waals surface area contributed by atoms with E-state index in [0.717, 1.165) is 11.3 Å². The van der Waals surface area contributed by atoms with Crippen LogP contribution in [0, 0.1) is 13.8 Å². The van der Waals surface area contributed by atoms with Crippen LogP contribution in [0.5, 0.6) is 0 Å². The van der Waals surface area contributed by atoms with Crippen molar-refractivity contribution in [1.29, 1.82) is 0 Å². The number of hydrogen-bond acceptors (Lipinski definition) is 2. The van der Waals surface area contributed by atoms with Gasteiger partial charge in [0.15, 0.2) is 0 Å². The number of fused-ring (bicyclic) bond motifs is 2. The summed E-state index contributed by atoms with van der Waals surface area (Å²) in [6.07, 6.45) is 7.48. The molecule has 0 unspecified atom stereocenters. The van der Waals surface area contributed by atoms with Crippen LogP contribution in [0.1, 0.15) is 11.1 Å². The normalized spacial score (nSPS) is 10.5. The Bertz CT molecular complexity index is 841. The zero-order chi connectivity index (χ0) is 13.9. The van der Waals surface area contributed by atoms with Gasteiger partial charge in [0.05, 0.1) is 0 Å². The number of aromatic amines is 2. The Kier molecular flexibility index (Phi) is 3.21. The van der Waals surface area contributed by atoms with Crippen LogP contribution < -0.4 is 0 Å². The number of aryl methyl sites for hydroxylation is 2. The van der Waals surface area contributed by atoms with Gasteiger partial charge in [0.25, 0.3) is 0 Å². The van der Waals surface area contributed by atoms with Crippen LogP contribution in [0.15, 0.2) is 49.1 Å². The van der Waals surface area contributed by atoms with Crippen LogP contribution in [0.2, 0.25) is 0 Å². The van der Waals surface area contributed by atoms with Crippen molar-refractivity contribution >= 4 is 22.1 Å². The van der Waals surface area contributed by atoms with Gasteiger partial charge in [-0.05, 0) is 49.2 Å². The first kappa shape index (κ1) is 12.4. The van der Waals surface area contributed by atoms with E-state index in [-0.39, 0.29) is 0 Å². The molecule has 2 N–H and O–H groups in total. The van der Waals surface area contributed by atoms with E-state index < -0.39 is 0 Å². The molecule has 4 aromatic heterocycles. The molecule has 0 aliphatic carbocycles. The Labute approximate surface area is 116 Å². The lowest BCUT2D eigenvalue weighted by Gasteiger charge is -1.91. The number of H-pyrrole nitrogens is 2. The van der Waals surface area contributed by atoms with Crippen molar-refractivity contribution in [3.8, 4) is 0 Å². The van der Waals surface area contributed by atoms with Gasteiger partial charge < -0.3 is 9.97 Å². The molecule has 20 heavy (non-hydrogen) atoms. The molecule has 100 valence electrons. The first-order valence-electron chi connectivity index (χ1n) is 6.52. The fraction of sp³-hybridized carbons (Fsp3) is 0.125. The maximum absolute atomic E-state index is 4.19. The number of nitrogens with one attached hydrogen (secondary N) is 2. The van der Waals surface area contributed by atoms with Crippen LogP contribution in [0.3, 0.4) is 0 Å². The van der Waals surface area contributed by atoms with E-state index >= 15 is 0 Å². The standard InChI is InChI=1S/2C8H8N2/c1-6-2-4-9-8-7(6)3-5-10-8;1-6-4-7-2-3-9-8(7)10-5-6/h2*2-5H,1H3,(H,9,10). The van der Waals surface area contributed by atoms with E-state index in [2.05, 4.69) is 32.9 Å². The third kappa shape index (κ3) is 2.40. The van der Waals surface area contributed by atoms with E-state index in [4.69, 9.17) is 0 Å². The third-order valence-electron chi connectivity index (χ3n) is 3.22. The SMILES string of the molecule is Cc1ccnc2[nH]ccc12.Cc1cnc2[nH]ccc2c1. The number of aromatic nitrogens is 4. The predicted molar refractivity (Wildman–Crippen MR) is 81.7 cm³/mol. The molecule has 4 heterocycles. The lowest BCUT2D eigenvalue weighted by Crippen LogP contribution is -1.77. The molecule has 0 aliphatic heterocycles. The summed E-state index contributed by atoms with van der Waals surface area (Å²) in [5, 5.41) is 2.39. The monoisotopic (exact) mass is 264 g/mol. The summed E-state index contributed by atoms with van der Waals surface area (Å²) in [5.74, 6) is 0. The van der Waals surface area contributed by atoms with Crippen molar-refractivity contribution in [1.82, 2.24) is 19.9 Å². The Hall–Kier alpha value is -2.62. The molecule has 0 bridgehead atoms. The summed E-state index contributed by atoms with van der Waals surface area (Å²) >= 11 is 0. The molecular formula is C16H16N4. The lowest BCUT2D eigenvalue weighted by molar-refractivity contribution is 1.29. The average molecular weight is 264 g/mol. The summed E-state index contributed by atoms with van der Waals surface area (Å²) < 4.78 is 0. The summed E-state index contributed by atoms with van der Waals surface area (Å²) in [5.41, 5.74) is 4.41. The molecule has 0 saturated heterocycles. The number of nitrogens with zero attached hydrogens (tertiary/aromatic N) is 2. The molecule has 0 amide bonds. The first-order chi connectivity index (χ1) is 9.74. The average Bonchev–Trinajstić information content (AvgIpc) is 3.07. The minimum Gasteiger partial charge on any atom is -0.346 e. The first-order valence-corrected chi connectivity index (χ1v) is 6.52. The van der Waals surface area contributed by atoms with Crippen molar-refractivity contribution in [2.45, 2.75) is 13.8 Å². The summed E-state index contributed by atoms with van der Waals surface area (Å²) in [7, 11) is 0. The van der Waals surface area contributed by atoms with Crippen molar-refractivity contribution in [3.05, 3.63) is 60.2 Å². The van der Waals surface area contributed by atoms with Gasteiger partial charge >= 0.3 is 0 Å². The number of hydrogen-bond donors (Lipinski definition) is 2. The molecule has 0 spiro atoms. The second-order valence-corrected chi connectivity index (χ2v) is 4.80. The summed E-state index contributed by atoms with van der Waals surface area (Å²) in [6.45, 7) is 4.12. The fourth-order valence-corrected chi connectivity index (χ4v) is 2.15. The zero-order valence-corrected chi connectivity index (χ0v) is 11.5. The number of rotatable bonds is 0. The van der Waals surface area contributed by atoms with Crippen molar-refractivity contribution in [2.75, 3.05) is 0 Å². The topological polar surface area (TPSA) is 57.4 Å². The molecule has 0 saturated carbocycles. The van der Waals surface area contributed by atoms with Crippen LogP contribution in [-0.4, -0.2) is 19.9 Å². The molecule has 4 nitrogen and oxygen atoms in total. The minimum absolute atomic E-state index is 0.964. The van der Waals surface area contributed by atoms with Crippen molar-refractivity contribution in [3.63, 3.8) is 0 Å². The minimum atomic E-state index is 0.964. The molecule has 0 aromatic carbocycles. The van der Waals surface area contributed by atoms with Gasteiger partial charge in [0, 0.05) is 35.6 Å². The molecule has 4 heteroatoms. The Balaban J connectivity index is 0.000000121. The largest absolute Gasteiger partial charge is 0.346 e.